The first kappa shape index (κ1) is 24.7. The van der Waals surface area contributed by atoms with Crippen LogP contribution in [0.25, 0.3) is 22.0 Å². The summed E-state index contributed by atoms with van der Waals surface area (Å²) in [6, 6.07) is 27.0. The van der Waals surface area contributed by atoms with E-state index >= 15 is 0 Å². The van der Waals surface area contributed by atoms with E-state index in [9.17, 15) is 14.0 Å². The van der Waals surface area contributed by atoms with E-state index in [0.717, 1.165) is 21.2 Å². The number of thiazole rings is 1. The monoisotopic (exact) mass is 527 g/mol. The standard InChI is InChI=1S/C29H22FN3O2S2/c1-18(27(34)33-29-32-26(17-36-29)20-11-13-23(30)14-12-20)37-25-8-4-7-24(16-25)31-28(35)22-10-9-19-5-2-3-6-21(19)15-22/h2-18H,1H3,(H,31,35)(H,32,33,34). The summed E-state index contributed by atoms with van der Waals surface area (Å²) >= 11 is 2.70. The van der Waals surface area contributed by atoms with Gasteiger partial charge in [-0.25, -0.2) is 9.37 Å². The quantitative estimate of drug-likeness (QED) is 0.215. The average molecular weight is 528 g/mol. The molecule has 0 aliphatic carbocycles. The van der Waals surface area contributed by atoms with Crippen LogP contribution >= 0.6 is 23.1 Å². The Morgan fingerprint density at radius 2 is 1.68 bits per heavy atom. The molecule has 1 heterocycles. The molecule has 5 nitrogen and oxygen atoms in total. The number of nitrogens with zero attached hydrogens (tertiary/aromatic N) is 1. The predicted octanol–water partition coefficient (Wildman–Crippen LogP) is 7.47. The Hall–Kier alpha value is -4.01. The lowest BCUT2D eigenvalue weighted by Crippen LogP contribution is -2.22. The van der Waals surface area contributed by atoms with Crippen molar-refractivity contribution in [2.24, 2.45) is 0 Å². The Bertz CT molecular complexity index is 1580. The van der Waals surface area contributed by atoms with Crippen LogP contribution in [0.5, 0.6) is 0 Å². The molecular weight excluding hydrogens is 505 g/mol. The van der Waals surface area contributed by atoms with E-state index in [2.05, 4.69) is 15.6 Å². The highest BCUT2D eigenvalue weighted by Gasteiger charge is 2.17. The zero-order valence-corrected chi connectivity index (χ0v) is 21.4. The maximum absolute atomic E-state index is 13.2. The molecule has 5 aromatic rings. The molecule has 0 aliphatic heterocycles. The largest absolute Gasteiger partial charge is 0.322 e. The lowest BCUT2D eigenvalue weighted by atomic mass is 10.1. The van der Waals surface area contributed by atoms with Crippen LogP contribution in [-0.2, 0) is 4.79 Å². The van der Waals surface area contributed by atoms with Gasteiger partial charge in [-0.2, -0.15) is 0 Å². The summed E-state index contributed by atoms with van der Waals surface area (Å²) in [4.78, 5) is 30.9. The summed E-state index contributed by atoms with van der Waals surface area (Å²) in [6.07, 6.45) is 0. The molecule has 4 aromatic carbocycles. The predicted molar refractivity (Wildman–Crippen MR) is 150 cm³/mol. The second kappa shape index (κ2) is 10.9. The van der Waals surface area contributed by atoms with Gasteiger partial charge >= 0.3 is 0 Å². The Labute approximate surface area is 221 Å². The van der Waals surface area contributed by atoms with E-state index in [1.165, 1.54) is 35.2 Å². The molecule has 2 N–H and O–H groups in total. The molecule has 0 saturated carbocycles. The first-order chi connectivity index (χ1) is 17.9. The van der Waals surface area contributed by atoms with Crippen molar-refractivity contribution in [3.05, 3.63) is 108 Å². The SMILES string of the molecule is CC(Sc1cccc(NC(=O)c2ccc3ccccc3c2)c1)C(=O)Nc1nc(-c2ccc(F)cc2)cs1. The van der Waals surface area contributed by atoms with Crippen LogP contribution in [-0.4, -0.2) is 22.0 Å². The Morgan fingerprint density at radius 1 is 0.892 bits per heavy atom. The van der Waals surface area contributed by atoms with Crippen molar-refractivity contribution in [3.8, 4) is 11.3 Å². The van der Waals surface area contributed by atoms with Crippen molar-refractivity contribution < 1.29 is 14.0 Å². The molecule has 5 rings (SSSR count). The van der Waals surface area contributed by atoms with Crippen LogP contribution in [0.4, 0.5) is 15.2 Å². The smallest absolute Gasteiger partial charge is 0.255 e. The Kier molecular flexibility index (Phi) is 7.30. The van der Waals surface area contributed by atoms with E-state index in [0.29, 0.717) is 22.1 Å². The van der Waals surface area contributed by atoms with Gasteiger partial charge in [-0.15, -0.1) is 23.1 Å². The van der Waals surface area contributed by atoms with Crippen LogP contribution in [0, 0.1) is 5.82 Å². The van der Waals surface area contributed by atoms with Crippen LogP contribution in [0.15, 0.2) is 101 Å². The highest BCUT2D eigenvalue weighted by atomic mass is 32.2. The topological polar surface area (TPSA) is 71.1 Å². The average Bonchev–Trinajstić information content (AvgIpc) is 3.37. The molecule has 0 radical (unpaired) electrons. The van der Waals surface area contributed by atoms with Gasteiger partial charge < -0.3 is 10.6 Å². The third-order valence-corrected chi connectivity index (χ3v) is 7.51. The molecule has 0 aliphatic rings. The number of nitrogens with one attached hydrogen (secondary N) is 2. The first-order valence-electron chi connectivity index (χ1n) is 11.5. The number of rotatable bonds is 7. The van der Waals surface area contributed by atoms with Crippen molar-refractivity contribution in [2.75, 3.05) is 10.6 Å². The van der Waals surface area contributed by atoms with Crippen molar-refractivity contribution in [1.82, 2.24) is 4.98 Å². The number of hydrogen-bond donors (Lipinski definition) is 2. The molecule has 1 atom stereocenters. The number of hydrogen-bond acceptors (Lipinski definition) is 5. The fourth-order valence-electron chi connectivity index (χ4n) is 3.73. The van der Waals surface area contributed by atoms with Gasteiger partial charge in [-0.3, -0.25) is 9.59 Å². The number of benzene rings is 4. The highest BCUT2D eigenvalue weighted by molar-refractivity contribution is 8.00. The van der Waals surface area contributed by atoms with Crippen LogP contribution in [0.2, 0.25) is 0 Å². The van der Waals surface area contributed by atoms with E-state index in [4.69, 9.17) is 0 Å². The Morgan fingerprint density at radius 3 is 2.49 bits per heavy atom. The van der Waals surface area contributed by atoms with Gasteiger partial charge in [0.05, 0.1) is 10.9 Å². The van der Waals surface area contributed by atoms with Crippen molar-refractivity contribution in [3.63, 3.8) is 0 Å². The first-order valence-corrected chi connectivity index (χ1v) is 13.3. The van der Waals surface area contributed by atoms with Gasteiger partial charge in [0.1, 0.15) is 5.82 Å². The zero-order chi connectivity index (χ0) is 25.8. The molecular formula is C29H22FN3O2S2. The third kappa shape index (κ3) is 6.04. The summed E-state index contributed by atoms with van der Waals surface area (Å²) in [6.45, 7) is 1.81. The van der Waals surface area contributed by atoms with Crippen LogP contribution < -0.4 is 10.6 Å². The normalized spacial score (nSPS) is 11.7. The molecule has 0 bridgehead atoms. The fourth-order valence-corrected chi connectivity index (χ4v) is 5.38. The third-order valence-electron chi connectivity index (χ3n) is 5.66. The number of carbonyl (C=O) groups is 2. The van der Waals surface area contributed by atoms with Gasteiger partial charge in [0.25, 0.3) is 5.91 Å². The van der Waals surface area contributed by atoms with E-state index in [1.54, 1.807) is 12.1 Å². The maximum Gasteiger partial charge on any atom is 0.255 e. The summed E-state index contributed by atoms with van der Waals surface area (Å²) in [5.74, 6) is -0.689. The van der Waals surface area contributed by atoms with E-state index in [-0.39, 0.29) is 17.6 Å². The van der Waals surface area contributed by atoms with Gasteiger partial charge in [0, 0.05) is 27.1 Å². The van der Waals surface area contributed by atoms with E-state index in [1.807, 2.05) is 79.0 Å². The molecule has 0 spiro atoms. The number of aromatic nitrogens is 1. The highest BCUT2D eigenvalue weighted by Crippen LogP contribution is 2.29. The number of thioether (sulfide) groups is 1. The fraction of sp³-hybridized carbons (Fsp3) is 0.0690. The molecule has 1 unspecified atom stereocenters. The van der Waals surface area contributed by atoms with Crippen molar-refractivity contribution >= 4 is 56.5 Å². The summed E-state index contributed by atoms with van der Waals surface area (Å²) < 4.78 is 13.2. The van der Waals surface area contributed by atoms with Gasteiger partial charge in [-0.1, -0.05) is 36.4 Å². The maximum atomic E-state index is 13.2. The number of carbonyl (C=O) groups excluding carboxylic acids is 2. The van der Waals surface area contributed by atoms with Gasteiger partial charge in [0.15, 0.2) is 5.13 Å². The van der Waals surface area contributed by atoms with Gasteiger partial charge in [0.2, 0.25) is 5.91 Å². The van der Waals surface area contributed by atoms with E-state index < -0.39 is 5.25 Å². The minimum absolute atomic E-state index is 0.185. The second-order valence-electron chi connectivity index (χ2n) is 8.34. The van der Waals surface area contributed by atoms with Crippen LogP contribution in [0.3, 0.4) is 0 Å². The molecule has 0 fully saturated rings. The van der Waals surface area contributed by atoms with Crippen molar-refractivity contribution in [2.45, 2.75) is 17.1 Å². The minimum atomic E-state index is -0.399. The lowest BCUT2D eigenvalue weighted by molar-refractivity contribution is -0.115. The Balaban J connectivity index is 1.20. The van der Waals surface area contributed by atoms with Gasteiger partial charge in [-0.05, 0) is 72.3 Å². The van der Waals surface area contributed by atoms with Crippen molar-refractivity contribution in [1.29, 1.82) is 0 Å². The lowest BCUT2D eigenvalue weighted by Gasteiger charge is -2.12. The number of amides is 2. The zero-order valence-electron chi connectivity index (χ0n) is 19.8. The molecule has 1 aromatic heterocycles. The number of anilines is 2. The van der Waals surface area contributed by atoms with Crippen LogP contribution in [0.1, 0.15) is 17.3 Å². The molecule has 184 valence electrons. The number of halogens is 1. The number of fused-ring (bicyclic) bond motifs is 1. The molecule has 37 heavy (non-hydrogen) atoms. The molecule has 0 saturated heterocycles. The molecule has 8 heteroatoms. The summed E-state index contributed by atoms with van der Waals surface area (Å²) in [5.41, 5.74) is 2.69. The second-order valence-corrected chi connectivity index (χ2v) is 10.6. The minimum Gasteiger partial charge on any atom is -0.322 e. The summed E-state index contributed by atoms with van der Waals surface area (Å²) in [5, 5.41) is 9.78. The summed E-state index contributed by atoms with van der Waals surface area (Å²) in [7, 11) is 0. The molecule has 2 amide bonds.